The first-order valence-corrected chi connectivity index (χ1v) is 11.8. The number of phenolic OH excluding ortho intramolecular Hbond substituents is 2. The quantitative estimate of drug-likeness (QED) is 0.111. The van der Waals surface area contributed by atoms with Gasteiger partial charge < -0.3 is 19.7 Å². The minimum atomic E-state index is -2.38. The number of benzene rings is 3. The second-order valence-electron chi connectivity index (χ2n) is 6.97. The zero-order chi connectivity index (χ0) is 24.1. The summed E-state index contributed by atoms with van der Waals surface area (Å²) in [5.41, 5.74) is -4.74. The number of rotatable bonds is 0. The van der Waals surface area contributed by atoms with Crippen LogP contribution in [0.5, 0.6) is 23.0 Å². The van der Waals surface area contributed by atoms with Gasteiger partial charge in [-0.2, -0.15) is 0 Å². The van der Waals surface area contributed by atoms with E-state index in [0.29, 0.717) is 0 Å². The van der Waals surface area contributed by atoms with Crippen molar-refractivity contribution in [1.29, 1.82) is 0 Å². The van der Waals surface area contributed by atoms with Crippen LogP contribution in [0.2, 0.25) is 0 Å². The monoisotopic (exact) mass is 716 g/mol. The van der Waals surface area contributed by atoms with E-state index in [9.17, 15) is 28.2 Å². The lowest BCUT2D eigenvalue weighted by Gasteiger charge is -2.37. The molecule has 2 aliphatic rings. The number of hydrogen-bond donors (Lipinski definition) is 2. The Balaban J connectivity index is 2.05. The van der Waals surface area contributed by atoms with Gasteiger partial charge in [0.05, 0.1) is 25.6 Å². The van der Waals surface area contributed by atoms with E-state index in [0.717, 1.165) is 0 Å². The van der Waals surface area contributed by atoms with E-state index in [2.05, 4.69) is 63.7 Å². The van der Waals surface area contributed by atoms with Crippen molar-refractivity contribution in [1.82, 2.24) is 0 Å². The molecule has 2 heterocycles. The van der Waals surface area contributed by atoms with Crippen LogP contribution in [-0.4, -0.2) is 16.2 Å². The first-order chi connectivity index (χ1) is 15.4. The van der Waals surface area contributed by atoms with Crippen molar-refractivity contribution in [2.75, 3.05) is 0 Å². The molecule has 0 aromatic heterocycles. The minimum absolute atomic E-state index is 0.0319. The van der Waals surface area contributed by atoms with E-state index < -0.39 is 46.0 Å². The van der Waals surface area contributed by atoms with Gasteiger partial charge in [-0.15, -0.1) is 0 Å². The fourth-order valence-corrected chi connectivity index (χ4v) is 6.33. The van der Waals surface area contributed by atoms with Gasteiger partial charge in [-0.05, 0) is 75.9 Å². The largest absolute Gasteiger partial charge is 0.505 e. The number of aromatic hydroxyl groups is 2. The number of esters is 1. The molecule has 3 aromatic rings. The summed E-state index contributed by atoms with van der Waals surface area (Å²) in [6.45, 7) is 0. The summed E-state index contributed by atoms with van der Waals surface area (Å²) in [6.07, 6.45) is 0. The molecule has 0 bridgehead atoms. The van der Waals surface area contributed by atoms with Gasteiger partial charge in [-0.25, -0.2) is 22.4 Å². The summed E-state index contributed by atoms with van der Waals surface area (Å²) in [5.74, 6) is -10.7. The molecule has 33 heavy (non-hydrogen) atoms. The van der Waals surface area contributed by atoms with Crippen molar-refractivity contribution >= 4 is 69.7 Å². The van der Waals surface area contributed by atoms with E-state index in [-0.39, 0.29) is 52.0 Å². The van der Waals surface area contributed by atoms with Crippen molar-refractivity contribution in [2.24, 2.45) is 0 Å². The maximum atomic E-state index is 15.3. The molecule has 170 valence electrons. The molecule has 0 fully saturated rings. The molecule has 0 radical (unpaired) electrons. The van der Waals surface area contributed by atoms with Gasteiger partial charge in [-0.3, -0.25) is 0 Å². The molecule has 5 nitrogen and oxygen atoms in total. The molecule has 0 atom stereocenters. The predicted octanol–water partition coefficient (Wildman–Crippen LogP) is 7.27. The highest BCUT2D eigenvalue weighted by atomic mass is 79.9. The molecule has 0 aliphatic carbocycles. The van der Waals surface area contributed by atoms with Crippen molar-refractivity contribution in [3.63, 3.8) is 0 Å². The van der Waals surface area contributed by atoms with E-state index in [4.69, 9.17) is 9.47 Å². The third-order valence-corrected chi connectivity index (χ3v) is 8.01. The molecule has 1 spiro atoms. The zero-order valence-corrected chi connectivity index (χ0v) is 21.6. The van der Waals surface area contributed by atoms with Crippen LogP contribution in [0.4, 0.5) is 17.6 Å². The third kappa shape index (κ3) is 2.76. The van der Waals surface area contributed by atoms with Crippen LogP contribution < -0.4 is 4.74 Å². The van der Waals surface area contributed by atoms with Crippen LogP contribution in [0, 0.1) is 23.3 Å². The molecule has 0 saturated carbocycles. The van der Waals surface area contributed by atoms with E-state index in [1.54, 1.807) is 0 Å². The average molecular weight is 720 g/mol. The summed E-state index contributed by atoms with van der Waals surface area (Å²) >= 11 is 12.5. The molecule has 2 N–H and O–H groups in total. The first-order valence-electron chi connectivity index (χ1n) is 8.63. The van der Waals surface area contributed by atoms with Crippen molar-refractivity contribution in [3.8, 4) is 23.0 Å². The second-order valence-corrected chi connectivity index (χ2v) is 10.3. The lowest BCUT2D eigenvalue weighted by molar-refractivity contribution is 0.0213. The fraction of sp³-hybridized carbons (Fsp3) is 0.0500. The Morgan fingerprint density at radius 3 is 1.70 bits per heavy atom. The summed E-state index contributed by atoms with van der Waals surface area (Å²) in [6, 6.07) is 2.40. The lowest BCUT2D eigenvalue weighted by atomic mass is 9.77. The highest BCUT2D eigenvalue weighted by Gasteiger charge is 2.59. The van der Waals surface area contributed by atoms with Crippen molar-refractivity contribution in [2.45, 2.75) is 5.60 Å². The molecule has 0 saturated heterocycles. The number of phenols is 2. The van der Waals surface area contributed by atoms with Crippen molar-refractivity contribution in [3.05, 3.63) is 75.5 Å². The smallest absolute Gasteiger partial charge is 0.343 e. The topological polar surface area (TPSA) is 76.0 Å². The molecule has 3 aromatic carbocycles. The first kappa shape index (κ1) is 22.9. The Morgan fingerprint density at radius 1 is 0.758 bits per heavy atom. The van der Waals surface area contributed by atoms with Crippen molar-refractivity contribution < 1.29 is 42.0 Å². The molecule has 0 amide bonds. The number of ether oxygens (including phenoxy) is 2. The molecule has 5 rings (SSSR count). The van der Waals surface area contributed by atoms with Crippen LogP contribution in [-0.2, 0) is 10.3 Å². The van der Waals surface area contributed by atoms with E-state index >= 15 is 4.39 Å². The molecule has 2 aliphatic heterocycles. The van der Waals surface area contributed by atoms with Gasteiger partial charge in [-0.1, -0.05) is 0 Å². The van der Waals surface area contributed by atoms with E-state index in [1.165, 1.54) is 12.1 Å². The second kappa shape index (κ2) is 7.33. The SMILES string of the molecule is O=C1OC2(c3cc(Br)c(O)c(Br)c3Oc3c2cc(Br)c(O)c3Br)c2c(F)c(F)c(F)c(F)c21. The predicted molar refractivity (Wildman–Crippen MR) is 119 cm³/mol. The highest BCUT2D eigenvalue weighted by Crippen LogP contribution is 2.63. The maximum Gasteiger partial charge on any atom is 0.343 e. The Bertz CT molecular complexity index is 1400. The van der Waals surface area contributed by atoms with Crippen LogP contribution in [0.3, 0.4) is 0 Å². The van der Waals surface area contributed by atoms with Gasteiger partial charge in [0.2, 0.25) is 0 Å². The van der Waals surface area contributed by atoms with Crippen LogP contribution in [0.15, 0.2) is 30.0 Å². The molecule has 13 heteroatoms. The van der Waals surface area contributed by atoms with E-state index in [1.807, 2.05) is 0 Å². The lowest BCUT2D eigenvalue weighted by Crippen LogP contribution is -2.34. The summed E-state index contributed by atoms with van der Waals surface area (Å²) in [7, 11) is 0. The number of halogens is 8. The average Bonchev–Trinajstić information content (AvgIpc) is 3.08. The Hall–Kier alpha value is -1.83. The number of carbonyl (C=O) groups excluding carboxylic acids is 1. The maximum absolute atomic E-state index is 15.3. The number of hydrogen-bond acceptors (Lipinski definition) is 5. The zero-order valence-electron chi connectivity index (χ0n) is 15.3. The summed E-state index contributed by atoms with van der Waals surface area (Å²) in [4.78, 5) is 12.8. The molecular weight excluding hydrogens is 716 g/mol. The number of fused-ring (bicyclic) bond motifs is 6. The van der Waals surface area contributed by atoms with Crippen LogP contribution in [0.25, 0.3) is 0 Å². The van der Waals surface area contributed by atoms with Gasteiger partial charge in [0.1, 0.15) is 26.0 Å². The molecule has 0 unspecified atom stereocenters. The normalized spacial score (nSPS) is 15.1. The van der Waals surface area contributed by atoms with Gasteiger partial charge in [0.15, 0.2) is 40.4 Å². The Labute approximate surface area is 214 Å². The van der Waals surface area contributed by atoms with Crippen LogP contribution >= 0.6 is 63.7 Å². The minimum Gasteiger partial charge on any atom is -0.505 e. The standard InChI is InChI=1S/C20H4Br4F4O5/c21-5-1-3-17(9(23)15(5)29)32-18-4(2-6(22)16(30)10(18)24)20(3)8-7(19(31)33-20)11(25)13(27)14(28)12(8)26/h1-2,29-30H. The number of carbonyl (C=O) groups is 1. The molecular formula is C20H4Br4F4O5. The highest BCUT2D eigenvalue weighted by molar-refractivity contribution is 9.11. The van der Waals surface area contributed by atoms with Crippen LogP contribution in [0.1, 0.15) is 27.0 Å². The summed E-state index contributed by atoms with van der Waals surface area (Å²) in [5, 5.41) is 20.7. The Morgan fingerprint density at radius 2 is 1.21 bits per heavy atom. The van der Waals surface area contributed by atoms with Gasteiger partial charge >= 0.3 is 5.97 Å². The summed E-state index contributed by atoms with van der Waals surface area (Å²) < 4.78 is 69.7. The van der Waals surface area contributed by atoms with Gasteiger partial charge in [0, 0.05) is 0 Å². The third-order valence-electron chi connectivity index (χ3n) is 5.33. The van der Waals surface area contributed by atoms with Gasteiger partial charge in [0.25, 0.3) is 0 Å². The fourth-order valence-electron chi connectivity index (χ4n) is 3.93. The Kier molecular flexibility index (Phi) is 5.10.